The van der Waals surface area contributed by atoms with Crippen LogP contribution in [0.2, 0.25) is 0 Å². The summed E-state index contributed by atoms with van der Waals surface area (Å²) in [5.41, 5.74) is 1.76. The Morgan fingerprint density at radius 2 is 1.58 bits per heavy atom. The summed E-state index contributed by atoms with van der Waals surface area (Å²) in [4.78, 5) is 27.8. The summed E-state index contributed by atoms with van der Waals surface area (Å²) in [5.74, 6) is 0.683. The van der Waals surface area contributed by atoms with Gasteiger partial charge in [-0.1, -0.05) is 26.0 Å². The lowest BCUT2D eigenvalue weighted by Crippen LogP contribution is -2.40. The van der Waals surface area contributed by atoms with E-state index < -0.39 is 6.10 Å². The van der Waals surface area contributed by atoms with Crippen LogP contribution < -0.4 is 15.4 Å². The second-order valence-electron chi connectivity index (χ2n) is 6.27. The second-order valence-corrected chi connectivity index (χ2v) is 6.27. The van der Waals surface area contributed by atoms with Crippen molar-refractivity contribution in [2.75, 3.05) is 13.1 Å². The molecule has 138 valence electrons. The molecule has 2 aromatic rings. The molecule has 6 heteroatoms. The number of carbonyl (C=O) groups excluding carboxylic acids is 2. The topological polar surface area (TPSA) is 80.3 Å². The van der Waals surface area contributed by atoms with Crippen LogP contribution in [-0.2, 0) is 4.79 Å². The van der Waals surface area contributed by atoms with E-state index in [0.717, 1.165) is 0 Å². The first-order valence-corrected chi connectivity index (χ1v) is 8.70. The summed E-state index contributed by atoms with van der Waals surface area (Å²) in [7, 11) is 0. The van der Waals surface area contributed by atoms with Crippen LogP contribution in [0.15, 0.2) is 48.8 Å². The fourth-order valence-corrected chi connectivity index (χ4v) is 2.30. The van der Waals surface area contributed by atoms with Crippen molar-refractivity contribution in [1.82, 2.24) is 15.6 Å². The molecular weight excluding hydrogens is 330 g/mol. The van der Waals surface area contributed by atoms with Gasteiger partial charge in [-0.15, -0.1) is 0 Å². The standard InChI is InChI=1S/C20H25N3O3/c1-14(2)16-4-6-18(7-5-16)26-15(3)19(24)22-12-13-23-20(25)17-8-10-21-11-9-17/h4-11,14-15H,12-13H2,1-3H3,(H,22,24)(H,23,25). The van der Waals surface area contributed by atoms with Crippen molar-refractivity contribution in [2.45, 2.75) is 32.8 Å². The Morgan fingerprint density at radius 1 is 0.962 bits per heavy atom. The summed E-state index contributed by atoms with van der Waals surface area (Å²) < 4.78 is 5.65. The van der Waals surface area contributed by atoms with E-state index in [9.17, 15) is 9.59 Å². The number of nitrogens with one attached hydrogen (secondary N) is 2. The van der Waals surface area contributed by atoms with Gasteiger partial charge in [-0.2, -0.15) is 0 Å². The Kier molecular flexibility index (Phi) is 7.14. The number of amides is 2. The summed E-state index contributed by atoms with van der Waals surface area (Å²) in [5, 5.41) is 5.49. The third kappa shape index (κ3) is 5.88. The zero-order valence-electron chi connectivity index (χ0n) is 15.4. The van der Waals surface area contributed by atoms with Crippen LogP contribution in [0.25, 0.3) is 0 Å². The van der Waals surface area contributed by atoms with Crippen LogP contribution in [0.5, 0.6) is 5.75 Å². The van der Waals surface area contributed by atoms with Gasteiger partial charge in [-0.05, 0) is 42.7 Å². The number of ether oxygens (including phenoxy) is 1. The van der Waals surface area contributed by atoms with E-state index in [4.69, 9.17) is 4.74 Å². The minimum atomic E-state index is -0.615. The molecule has 2 amide bonds. The summed E-state index contributed by atoms with van der Waals surface area (Å²) in [6, 6.07) is 11.0. The molecule has 1 aromatic heterocycles. The van der Waals surface area contributed by atoms with Gasteiger partial charge in [-0.3, -0.25) is 14.6 Å². The highest BCUT2D eigenvalue weighted by Gasteiger charge is 2.14. The molecule has 1 aromatic carbocycles. The molecule has 0 saturated carbocycles. The quantitative estimate of drug-likeness (QED) is 0.713. The lowest BCUT2D eigenvalue weighted by molar-refractivity contribution is -0.127. The maximum absolute atomic E-state index is 12.1. The molecule has 0 radical (unpaired) electrons. The third-order valence-corrected chi connectivity index (χ3v) is 3.88. The number of hydrogen-bond acceptors (Lipinski definition) is 4. The van der Waals surface area contributed by atoms with Gasteiger partial charge in [0.05, 0.1) is 0 Å². The van der Waals surface area contributed by atoms with Crippen LogP contribution in [0.3, 0.4) is 0 Å². The highest BCUT2D eigenvalue weighted by Crippen LogP contribution is 2.19. The van der Waals surface area contributed by atoms with Crippen molar-refractivity contribution in [3.63, 3.8) is 0 Å². The molecule has 0 saturated heterocycles. The Balaban J connectivity index is 1.71. The SMILES string of the molecule is CC(Oc1ccc(C(C)C)cc1)C(=O)NCCNC(=O)c1ccncc1. The lowest BCUT2D eigenvalue weighted by Gasteiger charge is -2.15. The highest BCUT2D eigenvalue weighted by molar-refractivity contribution is 5.94. The van der Waals surface area contributed by atoms with Crippen LogP contribution in [0.1, 0.15) is 42.6 Å². The number of pyridine rings is 1. The molecule has 26 heavy (non-hydrogen) atoms. The van der Waals surface area contributed by atoms with E-state index >= 15 is 0 Å². The zero-order valence-corrected chi connectivity index (χ0v) is 15.4. The predicted molar refractivity (Wildman–Crippen MR) is 100 cm³/mol. The third-order valence-electron chi connectivity index (χ3n) is 3.88. The lowest BCUT2D eigenvalue weighted by atomic mass is 10.0. The van der Waals surface area contributed by atoms with Crippen molar-refractivity contribution >= 4 is 11.8 Å². The molecule has 0 bridgehead atoms. The molecule has 1 heterocycles. The van der Waals surface area contributed by atoms with Crippen molar-refractivity contribution in [3.05, 3.63) is 59.9 Å². The zero-order chi connectivity index (χ0) is 18.9. The minimum Gasteiger partial charge on any atom is -0.481 e. The minimum absolute atomic E-state index is 0.198. The van der Waals surface area contributed by atoms with Gasteiger partial charge in [0, 0.05) is 31.0 Å². The molecule has 0 aliphatic rings. The Labute approximate surface area is 154 Å². The predicted octanol–water partition coefficient (Wildman–Crippen LogP) is 2.52. The number of nitrogens with zero attached hydrogens (tertiary/aromatic N) is 1. The first-order valence-electron chi connectivity index (χ1n) is 8.70. The molecule has 1 atom stereocenters. The van der Waals surface area contributed by atoms with Gasteiger partial charge in [0.15, 0.2) is 6.10 Å². The molecule has 0 aliphatic carbocycles. The van der Waals surface area contributed by atoms with Gasteiger partial charge in [0.2, 0.25) is 0 Å². The molecule has 1 unspecified atom stereocenters. The average Bonchev–Trinajstić information content (AvgIpc) is 2.66. The average molecular weight is 355 g/mol. The summed E-state index contributed by atoms with van der Waals surface area (Å²) >= 11 is 0. The largest absolute Gasteiger partial charge is 0.481 e. The van der Waals surface area contributed by atoms with Gasteiger partial charge < -0.3 is 15.4 Å². The summed E-state index contributed by atoms with van der Waals surface area (Å²) in [6.07, 6.45) is 2.50. The van der Waals surface area contributed by atoms with Crippen LogP contribution in [0, 0.1) is 0 Å². The summed E-state index contributed by atoms with van der Waals surface area (Å²) in [6.45, 7) is 6.61. The molecule has 0 fully saturated rings. The molecule has 6 nitrogen and oxygen atoms in total. The van der Waals surface area contributed by atoms with E-state index in [1.165, 1.54) is 5.56 Å². The first kappa shape index (κ1) is 19.4. The number of rotatable bonds is 8. The number of hydrogen-bond donors (Lipinski definition) is 2. The fourth-order valence-electron chi connectivity index (χ4n) is 2.30. The van der Waals surface area contributed by atoms with Crippen molar-refractivity contribution in [2.24, 2.45) is 0 Å². The maximum Gasteiger partial charge on any atom is 0.260 e. The van der Waals surface area contributed by atoms with Crippen LogP contribution in [-0.4, -0.2) is 36.0 Å². The van der Waals surface area contributed by atoms with Crippen LogP contribution in [0.4, 0.5) is 0 Å². The van der Waals surface area contributed by atoms with Crippen LogP contribution >= 0.6 is 0 Å². The monoisotopic (exact) mass is 355 g/mol. The van der Waals surface area contributed by atoms with Gasteiger partial charge in [0.1, 0.15) is 5.75 Å². The number of carbonyl (C=O) groups is 2. The molecule has 0 spiro atoms. The molecule has 0 aliphatic heterocycles. The first-order chi connectivity index (χ1) is 12.5. The van der Waals surface area contributed by atoms with Crippen molar-refractivity contribution < 1.29 is 14.3 Å². The fraction of sp³-hybridized carbons (Fsp3) is 0.350. The van der Waals surface area contributed by atoms with E-state index in [1.54, 1.807) is 31.5 Å². The maximum atomic E-state index is 12.1. The normalized spacial score (nSPS) is 11.7. The second kappa shape index (κ2) is 9.56. The Hall–Kier alpha value is -2.89. The molecular formula is C20H25N3O3. The van der Waals surface area contributed by atoms with Crippen molar-refractivity contribution in [1.29, 1.82) is 0 Å². The number of aromatic nitrogens is 1. The Bertz CT molecular complexity index is 715. The molecule has 2 rings (SSSR count). The van der Waals surface area contributed by atoms with Gasteiger partial charge >= 0.3 is 0 Å². The van der Waals surface area contributed by atoms with E-state index in [1.807, 2.05) is 24.3 Å². The van der Waals surface area contributed by atoms with E-state index in [-0.39, 0.29) is 11.8 Å². The number of benzene rings is 1. The van der Waals surface area contributed by atoms with Crippen molar-refractivity contribution in [3.8, 4) is 5.75 Å². The van der Waals surface area contributed by atoms with Gasteiger partial charge in [-0.25, -0.2) is 0 Å². The highest BCUT2D eigenvalue weighted by atomic mass is 16.5. The Morgan fingerprint density at radius 3 is 2.19 bits per heavy atom. The molecule has 2 N–H and O–H groups in total. The van der Waals surface area contributed by atoms with E-state index in [2.05, 4.69) is 29.5 Å². The smallest absolute Gasteiger partial charge is 0.260 e. The van der Waals surface area contributed by atoms with Gasteiger partial charge in [0.25, 0.3) is 11.8 Å². The van der Waals surface area contributed by atoms with E-state index in [0.29, 0.717) is 30.3 Å².